The highest BCUT2D eigenvalue weighted by atomic mass is 19.4. The molecular weight excluding hydrogens is 695 g/mol. The third-order valence-corrected chi connectivity index (χ3v) is 8.51. The van der Waals surface area contributed by atoms with Gasteiger partial charge in [0, 0.05) is 5.56 Å². The van der Waals surface area contributed by atoms with Crippen molar-refractivity contribution in [3.63, 3.8) is 0 Å². The molecule has 0 amide bonds. The van der Waals surface area contributed by atoms with E-state index in [0.717, 1.165) is 4.57 Å². The minimum absolute atomic E-state index is 0.0884. The van der Waals surface area contributed by atoms with Gasteiger partial charge in [-0.25, -0.2) is 14.4 Å². The maximum Gasteiger partial charge on any atom is 0.406 e. The van der Waals surface area contributed by atoms with Crippen LogP contribution < -0.4 is 4.74 Å². The number of hydrogen-bond donors (Lipinski definition) is 0. The lowest BCUT2D eigenvalue weighted by atomic mass is 9.92. The van der Waals surface area contributed by atoms with Crippen molar-refractivity contribution in [3.05, 3.63) is 138 Å². The van der Waals surface area contributed by atoms with E-state index in [1.54, 1.807) is 73.7 Å². The van der Waals surface area contributed by atoms with Gasteiger partial charge in [0.05, 0.1) is 29.9 Å². The predicted octanol–water partition coefficient (Wildman–Crippen LogP) is 7.04. The van der Waals surface area contributed by atoms with Crippen LogP contribution in [0.3, 0.4) is 0 Å². The molecule has 0 saturated carbocycles. The molecule has 0 aliphatic carbocycles. The van der Waals surface area contributed by atoms with Gasteiger partial charge in [-0.15, -0.1) is 10.2 Å². The second-order valence-corrected chi connectivity index (χ2v) is 12.0. The molecular formula is C39H34F3N3O8. The first-order chi connectivity index (χ1) is 25.6. The molecule has 53 heavy (non-hydrogen) atoms. The number of carbonyl (C=O) groups is 3. The van der Waals surface area contributed by atoms with Gasteiger partial charge in [-0.1, -0.05) is 61.5 Å². The molecule has 6 rings (SSSR count). The molecule has 1 aromatic heterocycles. The van der Waals surface area contributed by atoms with E-state index < -0.39 is 61.1 Å². The summed E-state index contributed by atoms with van der Waals surface area (Å²) in [5, 5.41) is 8.29. The molecule has 11 nitrogen and oxygen atoms in total. The van der Waals surface area contributed by atoms with Gasteiger partial charge in [-0.3, -0.25) is 4.57 Å². The molecule has 2 heterocycles. The summed E-state index contributed by atoms with van der Waals surface area (Å²) in [5.74, 6) is -2.66. The first-order valence-corrected chi connectivity index (χ1v) is 16.6. The Hall–Kier alpha value is -6.02. The standard InChI is InChI=1S/C39H34F3N3O8/c1-3-29-30(51-36(46)25-13-7-4-8-14-25)31(52-37(47)26-15-9-5-10-16-26)32(53-38(48)27-17-11-6-12-18-27)33(50-29)35-44-43-34(45(35)23-39(40,41)42)24-19-21-28(49-2)22-20-24/h4-22,29-33H,3,23H2,1-2H3. The molecule has 1 aliphatic heterocycles. The maximum absolute atomic E-state index is 14.3. The Balaban J connectivity index is 1.50. The zero-order chi connectivity index (χ0) is 37.5. The van der Waals surface area contributed by atoms with Crippen molar-refractivity contribution in [3.8, 4) is 17.1 Å². The van der Waals surface area contributed by atoms with Crippen LogP contribution in [0.25, 0.3) is 11.4 Å². The average molecular weight is 730 g/mol. The number of aromatic nitrogens is 3. The quantitative estimate of drug-likeness (QED) is 0.103. The first kappa shape index (κ1) is 36.8. The Kier molecular flexibility index (Phi) is 11.2. The SMILES string of the molecule is CCC1OC(c2nnc(-c3ccc(OC)cc3)n2CC(F)(F)F)C(OC(=O)c2ccccc2)C(OC(=O)c2ccccc2)C1OC(=O)c1ccccc1. The zero-order valence-corrected chi connectivity index (χ0v) is 28.5. The molecule has 0 radical (unpaired) electrons. The summed E-state index contributed by atoms with van der Waals surface area (Å²) in [6.07, 6.45) is -12.0. The van der Waals surface area contributed by atoms with Crippen molar-refractivity contribution in [2.75, 3.05) is 7.11 Å². The number of alkyl halides is 3. The number of hydrogen-bond acceptors (Lipinski definition) is 10. The van der Waals surface area contributed by atoms with E-state index in [1.165, 1.54) is 55.6 Å². The molecule has 1 saturated heterocycles. The van der Waals surface area contributed by atoms with Crippen molar-refractivity contribution in [2.24, 2.45) is 0 Å². The Morgan fingerprint density at radius 1 is 0.679 bits per heavy atom. The highest BCUT2D eigenvalue weighted by molar-refractivity contribution is 5.91. The number of nitrogens with zero attached hydrogens (tertiary/aromatic N) is 3. The van der Waals surface area contributed by atoms with Crippen LogP contribution in [0, 0.1) is 0 Å². The fraction of sp³-hybridized carbons (Fsp3) is 0.256. The molecule has 274 valence electrons. The Bertz CT molecular complexity index is 2010. The second kappa shape index (κ2) is 16.1. The van der Waals surface area contributed by atoms with E-state index >= 15 is 0 Å². The van der Waals surface area contributed by atoms with E-state index in [1.807, 2.05) is 0 Å². The molecule has 0 bridgehead atoms. The first-order valence-electron chi connectivity index (χ1n) is 16.6. The number of rotatable bonds is 11. The monoisotopic (exact) mass is 729 g/mol. The van der Waals surface area contributed by atoms with Gasteiger partial charge < -0.3 is 23.7 Å². The van der Waals surface area contributed by atoms with Crippen LogP contribution in [0.5, 0.6) is 5.75 Å². The molecule has 5 atom stereocenters. The largest absolute Gasteiger partial charge is 0.497 e. The van der Waals surface area contributed by atoms with E-state index in [9.17, 15) is 27.6 Å². The lowest BCUT2D eigenvalue weighted by molar-refractivity contribution is -0.228. The van der Waals surface area contributed by atoms with Gasteiger partial charge in [0.25, 0.3) is 0 Å². The minimum Gasteiger partial charge on any atom is -0.497 e. The van der Waals surface area contributed by atoms with Crippen molar-refractivity contribution in [2.45, 2.75) is 56.6 Å². The highest BCUT2D eigenvalue weighted by Crippen LogP contribution is 2.40. The lowest BCUT2D eigenvalue weighted by Crippen LogP contribution is -2.59. The second-order valence-electron chi connectivity index (χ2n) is 12.0. The summed E-state index contributed by atoms with van der Waals surface area (Å²) in [7, 11) is 1.45. The van der Waals surface area contributed by atoms with E-state index in [2.05, 4.69) is 10.2 Å². The smallest absolute Gasteiger partial charge is 0.406 e. The minimum atomic E-state index is -4.76. The molecule has 5 aromatic rings. The van der Waals surface area contributed by atoms with Gasteiger partial charge in [0.15, 0.2) is 36.1 Å². The van der Waals surface area contributed by atoms with Gasteiger partial charge in [-0.05, 0) is 67.1 Å². The summed E-state index contributed by atoms with van der Waals surface area (Å²) in [6, 6.07) is 29.9. The van der Waals surface area contributed by atoms with Crippen LogP contribution in [0.2, 0.25) is 0 Å². The number of carbonyl (C=O) groups excluding carboxylic acids is 3. The van der Waals surface area contributed by atoms with Crippen molar-refractivity contribution in [1.82, 2.24) is 14.8 Å². The van der Waals surface area contributed by atoms with Crippen LogP contribution in [-0.4, -0.2) is 70.4 Å². The number of ether oxygens (including phenoxy) is 5. The van der Waals surface area contributed by atoms with Gasteiger partial charge >= 0.3 is 24.1 Å². The summed E-state index contributed by atoms with van der Waals surface area (Å²) in [6.45, 7) is 0.147. The molecule has 5 unspecified atom stereocenters. The third-order valence-electron chi connectivity index (χ3n) is 8.51. The molecule has 14 heteroatoms. The fourth-order valence-corrected chi connectivity index (χ4v) is 5.97. The van der Waals surface area contributed by atoms with Gasteiger partial charge in [-0.2, -0.15) is 13.2 Å². The number of esters is 3. The fourth-order valence-electron chi connectivity index (χ4n) is 5.97. The summed E-state index contributed by atoms with van der Waals surface area (Å²) < 4.78 is 73.4. The molecule has 0 spiro atoms. The van der Waals surface area contributed by atoms with E-state index in [4.69, 9.17) is 23.7 Å². The Morgan fingerprint density at radius 3 is 1.60 bits per heavy atom. The van der Waals surface area contributed by atoms with Crippen LogP contribution in [0.15, 0.2) is 115 Å². The number of halogens is 3. The van der Waals surface area contributed by atoms with E-state index in [0.29, 0.717) is 5.75 Å². The van der Waals surface area contributed by atoms with Crippen LogP contribution in [-0.2, 0) is 25.5 Å². The summed E-state index contributed by atoms with van der Waals surface area (Å²) >= 11 is 0. The normalized spacial score (nSPS) is 19.9. The molecule has 1 fully saturated rings. The van der Waals surface area contributed by atoms with Crippen LogP contribution in [0.4, 0.5) is 13.2 Å². The maximum atomic E-state index is 14.3. The van der Waals surface area contributed by atoms with Crippen molar-refractivity contribution in [1.29, 1.82) is 0 Å². The predicted molar refractivity (Wildman–Crippen MR) is 183 cm³/mol. The van der Waals surface area contributed by atoms with Gasteiger partial charge in [0.2, 0.25) is 0 Å². The Labute approximate surface area is 302 Å². The zero-order valence-electron chi connectivity index (χ0n) is 28.5. The van der Waals surface area contributed by atoms with E-state index in [-0.39, 0.29) is 40.3 Å². The van der Waals surface area contributed by atoms with Crippen LogP contribution in [0.1, 0.15) is 56.3 Å². The van der Waals surface area contributed by atoms with Gasteiger partial charge in [0.1, 0.15) is 12.3 Å². The molecule has 1 aliphatic rings. The van der Waals surface area contributed by atoms with Crippen LogP contribution >= 0.6 is 0 Å². The average Bonchev–Trinajstić information content (AvgIpc) is 3.58. The topological polar surface area (TPSA) is 128 Å². The Morgan fingerprint density at radius 2 is 1.15 bits per heavy atom. The number of methoxy groups -OCH3 is 1. The highest BCUT2D eigenvalue weighted by Gasteiger charge is 2.54. The summed E-state index contributed by atoms with van der Waals surface area (Å²) in [5.41, 5.74) is 0.651. The summed E-state index contributed by atoms with van der Waals surface area (Å²) in [4.78, 5) is 41.0. The molecule has 4 aromatic carbocycles. The van der Waals surface area contributed by atoms with Crippen molar-refractivity contribution < 1.29 is 51.2 Å². The van der Waals surface area contributed by atoms with Crippen molar-refractivity contribution >= 4 is 17.9 Å². The molecule has 0 N–H and O–H groups in total. The number of benzene rings is 4. The lowest BCUT2D eigenvalue weighted by Gasteiger charge is -2.44. The third kappa shape index (κ3) is 8.55.